The van der Waals surface area contributed by atoms with E-state index in [9.17, 15) is 0 Å². The molecule has 4 rings (SSSR count). The minimum absolute atomic E-state index is 0.0455. The summed E-state index contributed by atoms with van der Waals surface area (Å²) in [6, 6.07) is 13.8. The van der Waals surface area contributed by atoms with Gasteiger partial charge in [-0.05, 0) is 18.6 Å². The van der Waals surface area contributed by atoms with E-state index in [1.165, 1.54) is 0 Å². The Balaban J connectivity index is 1.71. The molecule has 3 aromatic rings. The van der Waals surface area contributed by atoms with Crippen molar-refractivity contribution in [3.05, 3.63) is 48.0 Å². The molecule has 0 aliphatic carbocycles. The zero-order valence-electron chi connectivity index (χ0n) is 16.3. The van der Waals surface area contributed by atoms with Crippen LogP contribution in [0.15, 0.2) is 42.5 Å². The highest BCUT2D eigenvalue weighted by molar-refractivity contribution is 5.91. The zero-order valence-corrected chi connectivity index (χ0v) is 16.3. The molecule has 2 atom stereocenters. The van der Waals surface area contributed by atoms with E-state index >= 15 is 0 Å². The Morgan fingerprint density at radius 2 is 1.75 bits per heavy atom. The predicted octanol–water partition coefficient (Wildman–Crippen LogP) is 3.20. The molecule has 0 amide bonds. The first kappa shape index (κ1) is 18.3. The number of nitrogens with zero attached hydrogens (tertiary/aromatic N) is 3. The van der Waals surface area contributed by atoms with Crippen molar-refractivity contribution in [3.63, 3.8) is 0 Å². The third-order valence-electron chi connectivity index (χ3n) is 4.93. The SMILES string of the molecule is COc1cc2nc(N3CC(C)OC(c4ccccc4)C3)nc(N)c2cc1OC. The van der Waals surface area contributed by atoms with Crippen LogP contribution in [0.5, 0.6) is 11.5 Å². The number of anilines is 2. The maximum absolute atomic E-state index is 6.25. The lowest BCUT2D eigenvalue weighted by Crippen LogP contribution is -2.43. The number of methoxy groups -OCH3 is 2. The Labute approximate surface area is 164 Å². The summed E-state index contributed by atoms with van der Waals surface area (Å²) < 4.78 is 16.9. The summed E-state index contributed by atoms with van der Waals surface area (Å²) in [4.78, 5) is 11.4. The average molecular weight is 380 g/mol. The van der Waals surface area contributed by atoms with Gasteiger partial charge in [0.2, 0.25) is 5.95 Å². The second-order valence-electron chi connectivity index (χ2n) is 6.88. The number of morpholine rings is 1. The van der Waals surface area contributed by atoms with E-state index in [4.69, 9.17) is 24.9 Å². The molecule has 1 aliphatic heterocycles. The number of rotatable bonds is 4. The largest absolute Gasteiger partial charge is 0.493 e. The summed E-state index contributed by atoms with van der Waals surface area (Å²) >= 11 is 0. The van der Waals surface area contributed by atoms with E-state index in [-0.39, 0.29) is 12.2 Å². The van der Waals surface area contributed by atoms with Gasteiger partial charge in [0.15, 0.2) is 11.5 Å². The van der Waals surface area contributed by atoms with Gasteiger partial charge in [-0.25, -0.2) is 4.98 Å². The number of hydrogen-bond donors (Lipinski definition) is 1. The lowest BCUT2D eigenvalue weighted by atomic mass is 10.1. The number of aromatic nitrogens is 2. The minimum Gasteiger partial charge on any atom is -0.493 e. The molecule has 1 saturated heterocycles. The summed E-state index contributed by atoms with van der Waals surface area (Å²) in [7, 11) is 3.19. The van der Waals surface area contributed by atoms with Gasteiger partial charge < -0.3 is 24.8 Å². The third-order valence-corrected chi connectivity index (χ3v) is 4.93. The molecular formula is C21H24N4O3. The van der Waals surface area contributed by atoms with Crippen LogP contribution in [0.4, 0.5) is 11.8 Å². The molecule has 2 unspecified atom stereocenters. The molecule has 2 N–H and O–H groups in total. The van der Waals surface area contributed by atoms with Crippen LogP contribution >= 0.6 is 0 Å². The molecule has 1 aromatic heterocycles. The van der Waals surface area contributed by atoms with Crippen LogP contribution < -0.4 is 20.1 Å². The molecule has 1 aliphatic rings. The molecule has 2 aromatic carbocycles. The molecule has 28 heavy (non-hydrogen) atoms. The van der Waals surface area contributed by atoms with Crippen LogP contribution in [0.3, 0.4) is 0 Å². The molecule has 0 radical (unpaired) electrons. The van der Waals surface area contributed by atoms with Gasteiger partial charge in [0, 0.05) is 18.0 Å². The third kappa shape index (κ3) is 3.41. The van der Waals surface area contributed by atoms with E-state index in [0.717, 1.165) is 16.5 Å². The Morgan fingerprint density at radius 1 is 1.04 bits per heavy atom. The number of benzene rings is 2. The fourth-order valence-electron chi connectivity index (χ4n) is 3.57. The fraction of sp³-hybridized carbons (Fsp3) is 0.333. The Morgan fingerprint density at radius 3 is 2.46 bits per heavy atom. The van der Waals surface area contributed by atoms with Crippen molar-refractivity contribution >= 4 is 22.7 Å². The van der Waals surface area contributed by atoms with Crippen LogP contribution in [0.1, 0.15) is 18.6 Å². The van der Waals surface area contributed by atoms with E-state index in [0.29, 0.717) is 36.4 Å². The first-order valence-corrected chi connectivity index (χ1v) is 9.23. The first-order valence-electron chi connectivity index (χ1n) is 9.23. The first-order chi connectivity index (χ1) is 13.6. The normalized spacial score (nSPS) is 19.6. The number of fused-ring (bicyclic) bond motifs is 1. The van der Waals surface area contributed by atoms with Crippen LogP contribution in [0, 0.1) is 0 Å². The van der Waals surface area contributed by atoms with Gasteiger partial charge in [-0.15, -0.1) is 0 Å². The highest BCUT2D eigenvalue weighted by atomic mass is 16.5. The standard InChI is InChI=1S/C21H24N4O3/c1-13-11-25(12-19(28-13)14-7-5-4-6-8-14)21-23-16-10-18(27-3)17(26-2)9-15(16)20(22)24-21/h4-10,13,19H,11-12H2,1-3H3,(H2,22,23,24). The van der Waals surface area contributed by atoms with Crippen molar-refractivity contribution in [1.82, 2.24) is 9.97 Å². The topological polar surface area (TPSA) is 82.7 Å². The summed E-state index contributed by atoms with van der Waals surface area (Å²) in [6.07, 6.45) is 0.000700. The van der Waals surface area contributed by atoms with Crippen molar-refractivity contribution in [2.45, 2.75) is 19.1 Å². The lowest BCUT2D eigenvalue weighted by molar-refractivity contribution is -0.0178. The second kappa shape index (κ2) is 7.52. The second-order valence-corrected chi connectivity index (χ2v) is 6.88. The molecule has 146 valence electrons. The maximum atomic E-state index is 6.25. The van der Waals surface area contributed by atoms with Gasteiger partial charge in [0.25, 0.3) is 0 Å². The number of nitrogen functional groups attached to an aromatic ring is 1. The molecular weight excluding hydrogens is 356 g/mol. The van der Waals surface area contributed by atoms with Crippen molar-refractivity contribution in [2.75, 3.05) is 37.9 Å². The highest BCUT2D eigenvalue weighted by Gasteiger charge is 2.28. The van der Waals surface area contributed by atoms with E-state index < -0.39 is 0 Å². The van der Waals surface area contributed by atoms with Gasteiger partial charge in [-0.3, -0.25) is 0 Å². The van der Waals surface area contributed by atoms with E-state index in [1.807, 2.05) is 30.3 Å². The molecule has 0 spiro atoms. The molecule has 7 nitrogen and oxygen atoms in total. The predicted molar refractivity (Wildman–Crippen MR) is 109 cm³/mol. The van der Waals surface area contributed by atoms with Crippen LogP contribution in [-0.4, -0.2) is 43.4 Å². The molecule has 1 fully saturated rings. The van der Waals surface area contributed by atoms with Crippen molar-refractivity contribution in [3.8, 4) is 11.5 Å². The summed E-state index contributed by atoms with van der Waals surface area (Å²) in [5.41, 5.74) is 8.11. The van der Waals surface area contributed by atoms with Gasteiger partial charge in [-0.1, -0.05) is 30.3 Å². The van der Waals surface area contributed by atoms with Gasteiger partial charge >= 0.3 is 0 Å². The van der Waals surface area contributed by atoms with E-state index in [1.54, 1.807) is 14.2 Å². The van der Waals surface area contributed by atoms with Crippen molar-refractivity contribution < 1.29 is 14.2 Å². The Hall–Kier alpha value is -3.06. The van der Waals surface area contributed by atoms with Crippen molar-refractivity contribution in [1.29, 1.82) is 0 Å². The summed E-state index contributed by atoms with van der Waals surface area (Å²) in [6.45, 7) is 3.41. The average Bonchev–Trinajstić information content (AvgIpc) is 2.73. The van der Waals surface area contributed by atoms with E-state index in [2.05, 4.69) is 28.9 Å². The monoisotopic (exact) mass is 380 g/mol. The Bertz CT molecular complexity index is 980. The maximum Gasteiger partial charge on any atom is 0.228 e. The highest BCUT2D eigenvalue weighted by Crippen LogP contribution is 2.35. The van der Waals surface area contributed by atoms with Gasteiger partial charge in [0.05, 0.1) is 32.4 Å². The number of ether oxygens (including phenoxy) is 3. The summed E-state index contributed by atoms with van der Waals surface area (Å²) in [5, 5.41) is 0.738. The number of hydrogen-bond acceptors (Lipinski definition) is 7. The summed E-state index contributed by atoms with van der Waals surface area (Å²) in [5.74, 6) is 2.21. The Kier molecular flexibility index (Phi) is 4.92. The zero-order chi connectivity index (χ0) is 19.7. The van der Waals surface area contributed by atoms with Crippen LogP contribution in [0.25, 0.3) is 10.9 Å². The number of nitrogens with two attached hydrogens (primary N) is 1. The molecule has 0 saturated carbocycles. The van der Waals surface area contributed by atoms with Gasteiger partial charge in [-0.2, -0.15) is 4.98 Å². The minimum atomic E-state index is -0.0455. The quantitative estimate of drug-likeness (QED) is 0.744. The molecule has 2 heterocycles. The van der Waals surface area contributed by atoms with Crippen molar-refractivity contribution in [2.24, 2.45) is 0 Å². The smallest absolute Gasteiger partial charge is 0.228 e. The fourth-order valence-corrected chi connectivity index (χ4v) is 3.57. The van der Waals surface area contributed by atoms with Crippen LogP contribution in [0.2, 0.25) is 0 Å². The molecule has 7 heteroatoms. The molecule has 0 bridgehead atoms. The van der Waals surface area contributed by atoms with Crippen LogP contribution in [-0.2, 0) is 4.74 Å². The van der Waals surface area contributed by atoms with Gasteiger partial charge in [0.1, 0.15) is 11.9 Å². The lowest BCUT2D eigenvalue weighted by Gasteiger charge is -2.37.